The molecule has 0 aliphatic heterocycles. The summed E-state index contributed by atoms with van der Waals surface area (Å²) in [4.78, 5) is 11.8. The van der Waals surface area contributed by atoms with Gasteiger partial charge in [0.1, 0.15) is 10.6 Å². The molecule has 1 aromatic rings. The lowest BCUT2D eigenvalue weighted by atomic mass is 10.1. The molecular formula is C13H10Cl2N2O. The molecule has 5 heteroatoms. The van der Waals surface area contributed by atoms with Gasteiger partial charge in [0.15, 0.2) is 5.70 Å². The molecule has 0 heterocycles. The van der Waals surface area contributed by atoms with E-state index in [0.717, 1.165) is 12.0 Å². The highest BCUT2D eigenvalue weighted by Gasteiger charge is 2.44. The number of carbonyl (C=O) groups excluding carboxylic acids is 1. The lowest BCUT2D eigenvalue weighted by Crippen LogP contribution is -2.24. The number of amides is 1. The van der Waals surface area contributed by atoms with Gasteiger partial charge >= 0.3 is 0 Å². The van der Waals surface area contributed by atoms with Gasteiger partial charge in [-0.1, -0.05) is 53.5 Å². The number of allylic oxidation sites excluding steroid dienone is 1. The van der Waals surface area contributed by atoms with E-state index in [0.29, 0.717) is 0 Å². The summed E-state index contributed by atoms with van der Waals surface area (Å²) in [5.74, 6) is -0.0946. The van der Waals surface area contributed by atoms with Crippen LogP contribution in [0.1, 0.15) is 17.9 Å². The summed E-state index contributed by atoms with van der Waals surface area (Å²) in [6.07, 6.45) is 0.786. The number of hydrogen-bond donors (Lipinski definition) is 1. The summed E-state index contributed by atoms with van der Waals surface area (Å²) in [5.41, 5.74) is 1.04. The summed E-state index contributed by atoms with van der Waals surface area (Å²) in [7, 11) is 0. The van der Waals surface area contributed by atoms with Gasteiger partial charge in [0.2, 0.25) is 5.91 Å². The van der Waals surface area contributed by atoms with Crippen molar-refractivity contribution in [1.82, 2.24) is 5.32 Å². The van der Waals surface area contributed by atoms with Crippen LogP contribution in [0.25, 0.3) is 0 Å². The molecule has 0 bridgehead atoms. The number of halogens is 2. The van der Waals surface area contributed by atoms with Crippen LogP contribution in [-0.2, 0) is 4.79 Å². The maximum Gasteiger partial charge on any atom is 0.228 e. The molecule has 2 rings (SSSR count). The minimum absolute atomic E-state index is 0.0953. The molecule has 1 fully saturated rings. The van der Waals surface area contributed by atoms with Crippen molar-refractivity contribution in [3.05, 3.63) is 46.1 Å². The molecule has 1 N–H and O–H groups in total. The van der Waals surface area contributed by atoms with Gasteiger partial charge in [-0.25, -0.2) is 0 Å². The first-order valence-electron chi connectivity index (χ1n) is 5.44. The quantitative estimate of drug-likeness (QED) is 0.865. The van der Waals surface area contributed by atoms with Crippen LogP contribution in [0.3, 0.4) is 0 Å². The second kappa shape index (κ2) is 5.43. The second-order valence-electron chi connectivity index (χ2n) is 4.10. The molecule has 0 aromatic heterocycles. The summed E-state index contributed by atoms with van der Waals surface area (Å²) in [6, 6.07) is 11.6. The Hall–Kier alpha value is -1.50. The van der Waals surface area contributed by atoms with Gasteiger partial charge < -0.3 is 5.32 Å². The predicted molar refractivity (Wildman–Crippen MR) is 69.8 cm³/mol. The Bertz CT molecular complexity index is 530. The lowest BCUT2D eigenvalue weighted by molar-refractivity contribution is -0.121. The van der Waals surface area contributed by atoms with E-state index in [4.69, 9.17) is 28.5 Å². The normalized spacial score (nSPS) is 20.7. The number of hydrogen-bond acceptors (Lipinski definition) is 2. The van der Waals surface area contributed by atoms with Gasteiger partial charge in [-0.05, 0) is 17.9 Å². The topological polar surface area (TPSA) is 52.9 Å². The maximum atomic E-state index is 11.8. The average molecular weight is 281 g/mol. The zero-order chi connectivity index (χ0) is 13.1. The van der Waals surface area contributed by atoms with Gasteiger partial charge in [0, 0.05) is 5.92 Å². The van der Waals surface area contributed by atoms with Crippen LogP contribution in [-0.4, -0.2) is 5.91 Å². The first-order chi connectivity index (χ1) is 8.63. The van der Waals surface area contributed by atoms with Crippen LogP contribution in [0.5, 0.6) is 0 Å². The van der Waals surface area contributed by atoms with Crippen molar-refractivity contribution in [2.75, 3.05) is 0 Å². The second-order valence-corrected chi connectivity index (χ2v) is 5.05. The van der Waals surface area contributed by atoms with E-state index in [-0.39, 0.29) is 27.9 Å². The summed E-state index contributed by atoms with van der Waals surface area (Å²) in [6.45, 7) is 0. The fraction of sp³-hybridized carbons (Fsp3) is 0.231. The largest absolute Gasteiger partial charge is 0.315 e. The van der Waals surface area contributed by atoms with Crippen molar-refractivity contribution in [2.24, 2.45) is 5.92 Å². The third-order valence-electron chi connectivity index (χ3n) is 2.90. The number of benzene rings is 1. The van der Waals surface area contributed by atoms with Crippen molar-refractivity contribution >= 4 is 29.1 Å². The molecule has 0 saturated heterocycles. The van der Waals surface area contributed by atoms with E-state index in [2.05, 4.69) is 5.32 Å². The molecule has 92 valence electrons. The van der Waals surface area contributed by atoms with Crippen LogP contribution in [0.4, 0.5) is 0 Å². The Morgan fingerprint density at radius 3 is 2.56 bits per heavy atom. The van der Waals surface area contributed by atoms with Crippen LogP contribution in [0.2, 0.25) is 0 Å². The fourth-order valence-corrected chi connectivity index (χ4v) is 2.07. The molecule has 0 spiro atoms. The molecule has 1 aromatic carbocycles. The van der Waals surface area contributed by atoms with E-state index < -0.39 is 0 Å². The summed E-state index contributed by atoms with van der Waals surface area (Å²) >= 11 is 10.9. The SMILES string of the molecule is N#CC(NC(=O)[C@H]1C[C@@H]1c1ccccc1)=C(Cl)Cl. The smallest absolute Gasteiger partial charge is 0.228 e. The molecule has 0 radical (unpaired) electrons. The van der Waals surface area contributed by atoms with E-state index in [1.807, 2.05) is 30.3 Å². The number of nitrogens with one attached hydrogen (secondary N) is 1. The Morgan fingerprint density at radius 2 is 2.00 bits per heavy atom. The minimum atomic E-state index is -0.220. The zero-order valence-electron chi connectivity index (χ0n) is 9.36. The predicted octanol–water partition coefficient (Wildman–Crippen LogP) is 3.08. The molecule has 1 aliphatic carbocycles. The molecule has 0 unspecified atom stereocenters. The molecule has 1 saturated carbocycles. The molecule has 3 nitrogen and oxygen atoms in total. The van der Waals surface area contributed by atoms with E-state index >= 15 is 0 Å². The van der Waals surface area contributed by atoms with Gasteiger partial charge in [-0.15, -0.1) is 0 Å². The van der Waals surface area contributed by atoms with Gasteiger partial charge in [0.25, 0.3) is 0 Å². The Morgan fingerprint density at radius 1 is 1.33 bits per heavy atom. The summed E-state index contributed by atoms with van der Waals surface area (Å²) in [5, 5.41) is 11.2. The van der Waals surface area contributed by atoms with Crippen molar-refractivity contribution in [2.45, 2.75) is 12.3 Å². The summed E-state index contributed by atoms with van der Waals surface area (Å²) < 4.78 is -0.220. The lowest BCUT2D eigenvalue weighted by Gasteiger charge is -2.03. The standard InChI is InChI=1S/C13H10Cl2N2O/c14-12(15)11(7-16)17-13(18)10-6-9(10)8-4-2-1-3-5-8/h1-5,9-10H,6H2,(H,17,18)/t9-,10+/m1/s1. The maximum absolute atomic E-state index is 11.8. The van der Waals surface area contributed by atoms with Crippen molar-refractivity contribution in [3.63, 3.8) is 0 Å². The number of nitriles is 1. The minimum Gasteiger partial charge on any atom is -0.315 e. The van der Waals surface area contributed by atoms with Gasteiger partial charge in [-0.2, -0.15) is 5.26 Å². The van der Waals surface area contributed by atoms with Crippen molar-refractivity contribution in [1.29, 1.82) is 5.26 Å². The average Bonchev–Trinajstić information content (AvgIpc) is 3.16. The van der Waals surface area contributed by atoms with Gasteiger partial charge in [0.05, 0.1) is 0 Å². The Kier molecular flexibility index (Phi) is 3.90. The van der Waals surface area contributed by atoms with Crippen LogP contribution >= 0.6 is 23.2 Å². The number of rotatable bonds is 3. The van der Waals surface area contributed by atoms with Crippen LogP contribution < -0.4 is 5.32 Å². The molecule has 18 heavy (non-hydrogen) atoms. The fourth-order valence-electron chi connectivity index (χ4n) is 1.89. The van der Waals surface area contributed by atoms with E-state index in [1.165, 1.54) is 0 Å². The Balaban J connectivity index is 1.99. The van der Waals surface area contributed by atoms with Crippen LogP contribution in [0.15, 0.2) is 40.5 Å². The molecule has 1 amide bonds. The number of carbonyl (C=O) groups is 1. The molecular weight excluding hydrogens is 271 g/mol. The molecule has 2 atom stereocenters. The number of nitrogens with zero attached hydrogens (tertiary/aromatic N) is 1. The highest BCUT2D eigenvalue weighted by molar-refractivity contribution is 6.56. The highest BCUT2D eigenvalue weighted by Crippen LogP contribution is 2.47. The first-order valence-corrected chi connectivity index (χ1v) is 6.20. The van der Waals surface area contributed by atoms with Crippen molar-refractivity contribution < 1.29 is 4.79 Å². The van der Waals surface area contributed by atoms with E-state index in [9.17, 15) is 4.79 Å². The van der Waals surface area contributed by atoms with E-state index in [1.54, 1.807) is 6.07 Å². The monoisotopic (exact) mass is 280 g/mol. The van der Waals surface area contributed by atoms with Crippen molar-refractivity contribution in [3.8, 4) is 6.07 Å². The third-order valence-corrected chi connectivity index (χ3v) is 3.28. The highest BCUT2D eigenvalue weighted by atomic mass is 35.5. The zero-order valence-corrected chi connectivity index (χ0v) is 10.9. The van der Waals surface area contributed by atoms with Crippen LogP contribution in [0, 0.1) is 17.2 Å². The molecule has 1 aliphatic rings. The Labute approximate surface area is 115 Å². The third kappa shape index (κ3) is 2.84. The first kappa shape index (κ1) is 12.9. The van der Waals surface area contributed by atoms with Gasteiger partial charge in [-0.3, -0.25) is 4.79 Å².